The van der Waals surface area contributed by atoms with E-state index in [-0.39, 0.29) is 5.91 Å². The Morgan fingerprint density at radius 1 is 1.26 bits per heavy atom. The van der Waals surface area contributed by atoms with Crippen LogP contribution in [-0.2, 0) is 9.53 Å². The van der Waals surface area contributed by atoms with Crippen LogP contribution in [0.1, 0.15) is 26.7 Å². The van der Waals surface area contributed by atoms with Gasteiger partial charge in [-0.05, 0) is 18.9 Å². The van der Waals surface area contributed by atoms with E-state index in [0.29, 0.717) is 18.9 Å². The monoisotopic (exact) mass is 271 g/mol. The third kappa shape index (κ3) is 6.36. The van der Waals surface area contributed by atoms with Gasteiger partial charge in [0.1, 0.15) is 0 Å². The number of hydrogen-bond donors (Lipinski definition) is 1. The molecule has 0 spiro atoms. The number of piperazine rings is 1. The van der Waals surface area contributed by atoms with Crippen molar-refractivity contribution in [2.75, 3.05) is 52.5 Å². The minimum Gasteiger partial charge on any atom is -0.381 e. The van der Waals surface area contributed by atoms with E-state index in [9.17, 15) is 4.79 Å². The summed E-state index contributed by atoms with van der Waals surface area (Å²) in [6.45, 7) is 10.9. The van der Waals surface area contributed by atoms with Gasteiger partial charge in [0, 0.05) is 39.3 Å². The van der Waals surface area contributed by atoms with Crippen LogP contribution in [-0.4, -0.2) is 68.2 Å². The van der Waals surface area contributed by atoms with Gasteiger partial charge in [-0.15, -0.1) is 0 Å². The van der Waals surface area contributed by atoms with Crippen LogP contribution in [0, 0.1) is 5.92 Å². The van der Waals surface area contributed by atoms with Crippen molar-refractivity contribution in [2.45, 2.75) is 26.7 Å². The van der Waals surface area contributed by atoms with Gasteiger partial charge in [-0.25, -0.2) is 0 Å². The zero-order chi connectivity index (χ0) is 14.1. The molecule has 1 fully saturated rings. The summed E-state index contributed by atoms with van der Waals surface area (Å²) in [4.78, 5) is 16.3. The Morgan fingerprint density at radius 3 is 2.53 bits per heavy atom. The molecule has 2 N–H and O–H groups in total. The van der Waals surface area contributed by atoms with Crippen LogP contribution in [0.2, 0.25) is 0 Å². The molecule has 0 aromatic heterocycles. The van der Waals surface area contributed by atoms with Gasteiger partial charge in [0.15, 0.2) is 0 Å². The van der Waals surface area contributed by atoms with E-state index in [0.717, 1.165) is 52.3 Å². The van der Waals surface area contributed by atoms with Crippen LogP contribution in [0.5, 0.6) is 0 Å². The Bertz CT molecular complexity index is 253. The van der Waals surface area contributed by atoms with E-state index in [1.54, 1.807) is 0 Å². The molecule has 5 nitrogen and oxygen atoms in total. The number of carbonyl (C=O) groups excluding carboxylic acids is 1. The second kappa shape index (κ2) is 9.28. The fourth-order valence-corrected chi connectivity index (χ4v) is 2.26. The first-order valence-corrected chi connectivity index (χ1v) is 7.45. The van der Waals surface area contributed by atoms with E-state index in [1.807, 2.05) is 4.90 Å². The van der Waals surface area contributed by atoms with E-state index in [1.165, 1.54) is 0 Å². The molecule has 1 aliphatic heterocycles. The van der Waals surface area contributed by atoms with Gasteiger partial charge >= 0.3 is 0 Å². The molecule has 1 heterocycles. The summed E-state index contributed by atoms with van der Waals surface area (Å²) in [6, 6.07) is 0. The van der Waals surface area contributed by atoms with Crippen LogP contribution in [0.4, 0.5) is 0 Å². The molecule has 1 atom stereocenters. The van der Waals surface area contributed by atoms with Crippen molar-refractivity contribution in [3.63, 3.8) is 0 Å². The molecule has 0 aliphatic carbocycles. The maximum absolute atomic E-state index is 12.0. The lowest BCUT2D eigenvalue weighted by molar-refractivity contribution is -0.134. The first-order valence-electron chi connectivity index (χ1n) is 7.45. The topological polar surface area (TPSA) is 58.8 Å². The Hall–Kier alpha value is -0.650. The Labute approximate surface area is 117 Å². The third-order valence-electron chi connectivity index (χ3n) is 3.51. The Morgan fingerprint density at radius 2 is 1.95 bits per heavy atom. The molecular weight excluding hydrogens is 242 g/mol. The van der Waals surface area contributed by atoms with Crippen molar-refractivity contribution >= 4 is 5.91 Å². The molecule has 112 valence electrons. The van der Waals surface area contributed by atoms with Gasteiger partial charge < -0.3 is 15.4 Å². The van der Waals surface area contributed by atoms with E-state index in [4.69, 9.17) is 10.5 Å². The highest BCUT2D eigenvalue weighted by Crippen LogP contribution is 2.06. The first kappa shape index (κ1) is 16.4. The fraction of sp³-hybridized carbons (Fsp3) is 0.929. The number of nitrogens with two attached hydrogens (primary N) is 1. The second-order valence-corrected chi connectivity index (χ2v) is 5.38. The average molecular weight is 271 g/mol. The number of hydrogen-bond acceptors (Lipinski definition) is 4. The summed E-state index contributed by atoms with van der Waals surface area (Å²) < 4.78 is 5.36. The molecule has 1 amide bonds. The summed E-state index contributed by atoms with van der Waals surface area (Å²) >= 11 is 0. The smallest absolute Gasteiger partial charge is 0.224 e. The summed E-state index contributed by atoms with van der Waals surface area (Å²) in [5, 5.41) is 0. The SMILES string of the molecule is CCCOCCC(=O)N1CCN(CC(C)CN)CC1. The van der Waals surface area contributed by atoms with Crippen molar-refractivity contribution in [3.05, 3.63) is 0 Å². The van der Waals surface area contributed by atoms with Crippen LogP contribution >= 0.6 is 0 Å². The van der Waals surface area contributed by atoms with E-state index >= 15 is 0 Å². The summed E-state index contributed by atoms with van der Waals surface area (Å²) in [6.07, 6.45) is 1.52. The quantitative estimate of drug-likeness (QED) is 0.655. The summed E-state index contributed by atoms with van der Waals surface area (Å²) in [5.74, 6) is 0.757. The third-order valence-corrected chi connectivity index (χ3v) is 3.51. The highest BCUT2D eigenvalue weighted by molar-refractivity contribution is 5.76. The lowest BCUT2D eigenvalue weighted by Gasteiger charge is -2.35. The number of rotatable bonds is 8. The second-order valence-electron chi connectivity index (χ2n) is 5.38. The highest BCUT2D eigenvalue weighted by Gasteiger charge is 2.21. The van der Waals surface area contributed by atoms with Crippen molar-refractivity contribution in [1.82, 2.24) is 9.80 Å². The van der Waals surface area contributed by atoms with Gasteiger partial charge in [-0.1, -0.05) is 13.8 Å². The Balaban J connectivity index is 2.16. The predicted molar refractivity (Wildman–Crippen MR) is 77.0 cm³/mol. The van der Waals surface area contributed by atoms with Crippen LogP contribution < -0.4 is 5.73 Å². The van der Waals surface area contributed by atoms with Crippen LogP contribution in [0.3, 0.4) is 0 Å². The molecular formula is C14H29N3O2. The molecule has 0 aromatic rings. The minimum absolute atomic E-state index is 0.225. The minimum atomic E-state index is 0.225. The number of ether oxygens (including phenoxy) is 1. The molecule has 0 saturated carbocycles. The van der Waals surface area contributed by atoms with E-state index < -0.39 is 0 Å². The lowest BCUT2D eigenvalue weighted by atomic mass is 10.1. The van der Waals surface area contributed by atoms with Crippen molar-refractivity contribution in [1.29, 1.82) is 0 Å². The molecule has 1 unspecified atom stereocenters. The maximum atomic E-state index is 12.0. The van der Waals surface area contributed by atoms with Gasteiger partial charge in [-0.3, -0.25) is 9.69 Å². The largest absolute Gasteiger partial charge is 0.381 e. The highest BCUT2D eigenvalue weighted by atomic mass is 16.5. The molecule has 0 radical (unpaired) electrons. The molecule has 1 rings (SSSR count). The molecule has 0 bridgehead atoms. The zero-order valence-electron chi connectivity index (χ0n) is 12.4. The molecule has 1 saturated heterocycles. The summed E-state index contributed by atoms with van der Waals surface area (Å²) in [5.41, 5.74) is 5.64. The standard InChI is InChI=1S/C14H29N3O2/c1-3-9-19-10-4-14(18)17-7-5-16(6-8-17)12-13(2)11-15/h13H,3-12,15H2,1-2H3. The van der Waals surface area contributed by atoms with E-state index in [2.05, 4.69) is 18.7 Å². The normalized spacial score (nSPS) is 18.6. The first-order chi connectivity index (χ1) is 9.17. The van der Waals surface area contributed by atoms with Gasteiger partial charge in [0.05, 0.1) is 13.0 Å². The van der Waals surface area contributed by atoms with Crippen molar-refractivity contribution < 1.29 is 9.53 Å². The fourth-order valence-electron chi connectivity index (χ4n) is 2.26. The zero-order valence-corrected chi connectivity index (χ0v) is 12.4. The molecule has 19 heavy (non-hydrogen) atoms. The van der Waals surface area contributed by atoms with Crippen LogP contribution in [0.15, 0.2) is 0 Å². The van der Waals surface area contributed by atoms with Crippen molar-refractivity contribution in [2.24, 2.45) is 11.7 Å². The maximum Gasteiger partial charge on any atom is 0.224 e. The summed E-state index contributed by atoms with van der Waals surface area (Å²) in [7, 11) is 0. The van der Waals surface area contributed by atoms with Crippen LogP contribution in [0.25, 0.3) is 0 Å². The molecule has 0 aromatic carbocycles. The molecule has 5 heteroatoms. The number of carbonyl (C=O) groups is 1. The average Bonchev–Trinajstić information content (AvgIpc) is 2.44. The van der Waals surface area contributed by atoms with Gasteiger partial charge in [-0.2, -0.15) is 0 Å². The number of nitrogens with zero attached hydrogens (tertiary/aromatic N) is 2. The Kier molecular flexibility index (Phi) is 8.02. The lowest BCUT2D eigenvalue weighted by Crippen LogP contribution is -2.50. The van der Waals surface area contributed by atoms with Gasteiger partial charge in [0.25, 0.3) is 0 Å². The van der Waals surface area contributed by atoms with Gasteiger partial charge in [0.2, 0.25) is 5.91 Å². The molecule has 1 aliphatic rings. The number of amides is 1. The predicted octanol–water partition coefficient (Wildman–Crippen LogP) is 0.542. The van der Waals surface area contributed by atoms with Crippen molar-refractivity contribution in [3.8, 4) is 0 Å².